The van der Waals surface area contributed by atoms with Crippen LogP contribution < -0.4 is 0 Å². The molecule has 0 saturated carbocycles. The van der Waals surface area contributed by atoms with Crippen LogP contribution in [-0.2, 0) is 6.42 Å². The first-order valence-corrected chi connectivity index (χ1v) is 4.20. The standard InChI is InChI=1S/C11H9N/c1-3-9-5-2-7-12-8-6-10(4-1)11(9)12/h1-2,4-8H,3H2. The Morgan fingerprint density at radius 1 is 1.17 bits per heavy atom. The lowest BCUT2D eigenvalue weighted by atomic mass is 10.0. The third-order valence-electron chi connectivity index (χ3n) is 2.43. The molecular weight excluding hydrogens is 146 g/mol. The van der Waals surface area contributed by atoms with E-state index in [-0.39, 0.29) is 0 Å². The number of rotatable bonds is 0. The minimum Gasteiger partial charge on any atom is -0.323 e. The van der Waals surface area contributed by atoms with Crippen LogP contribution in [0, 0.1) is 0 Å². The third kappa shape index (κ3) is 0.632. The van der Waals surface area contributed by atoms with Crippen molar-refractivity contribution in [1.82, 2.24) is 4.40 Å². The minimum atomic E-state index is 1.07. The normalized spacial score (nSPS) is 14.0. The topological polar surface area (TPSA) is 4.41 Å². The second-order valence-corrected chi connectivity index (χ2v) is 3.17. The summed E-state index contributed by atoms with van der Waals surface area (Å²) in [5, 5.41) is 0. The number of hydrogen-bond acceptors (Lipinski definition) is 0. The van der Waals surface area contributed by atoms with Crippen LogP contribution in [0.2, 0.25) is 0 Å². The van der Waals surface area contributed by atoms with Gasteiger partial charge in [0, 0.05) is 12.4 Å². The van der Waals surface area contributed by atoms with Gasteiger partial charge in [-0.2, -0.15) is 0 Å². The molecule has 0 aromatic carbocycles. The largest absolute Gasteiger partial charge is 0.323 e. The van der Waals surface area contributed by atoms with Gasteiger partial charge in [0.05, 0.1) is 5.52 Å². The molecule has 3 rings (SSSR count). The lowest BCUT2D eigenvalue weighted by Crippen LogP contribution is -1.92. The fourth-order valence-electron chi connectivity index (χ4n) is 1.88. The van der Waals surface area contributed by atoms with E-state index in [0.29, 0.717) is 0 Å². The molecule has 0 spiro atoms. The van der Waals surface area contributed by atoms with Gasteiger partial charge in [0.15, 0.2) is 0 Å². The van der Waals surface area contributed by atoms with Crippen molar-refractivity contribution >= 4 is 11.6 Å². The number of pyridine rings is 1. The third-order valence-corrected chi connectivity index (χ3v) is 2.43. The average Bonchev–Trinajstić information content (AvgIpc) is 2.52. The second-order valence-electron chi connectivity index (χ2n) is 3.17. The first-order valence-electron chi connectivity index (χ1n) is 4.20. The molecule has 1 heteroatoms. The van der Waals surface area contributed by atoms with Crippen molar-refractivity contribution in [3.05, 3.63) is 47.8 Å². The van der Waals surface area contributed by atoms with Gasteiger partial charge in [-0.05, 0) is 29.7 Å². The quantitative estimate of drug-likeness (QED) is 0.550. The highest BCUT2D eigenvalue weighted by Gasteiger charge is 2.07. The summed E-state index contributed by atoms with van der Waals surface area (Å²) in [7, 11) is 0. The van der Waals surface area contributed by atoms with Crippen molar-refractivity contribution in [1.29, 1.82) is 0 Å². The first kappa shape index (κ1) is 6.06. The molecule has 0 radical (unpaired) electrons. The van der Waals surface area contributed by atoms with E-state index in [4.69, 9.17) is 0 Å². The van der Waals surface area contributed by atoms with Crippen molar-refractivity contribution in [2.45, 2.75) is 6.42 Å². The Morgan fingerprint density at radius 3 is 3.17 bits per heavy atom. The fourth-order valence-corrected chi connectivity index (χ4v) is 1.88. The maximum Gasteiger partial charge on any atom is 0.0557 e. The van der Waals surface area contributed by atoms with Crippen molar-refractivity contribution in [2.24, 2.45) is 0 Å². The lowest BCUT2D eigenvalue weighted by Gasteiger charge is -2.07. The summed E-state index contributed by atoms with van der Waals surface area (Å²) in [6.07, 6.45) is 9.70. The van der Waals surface area contributed by atoms with Crippen LogP contribution in [0.3, 0.4) is 0 Å². The molecule has 0 atom stereocenters. The van der Waals surface area contributed by atoms with E-state index >= 15 is 0 Å². The minimum absolute atomic E-state index is 1.07. The zero-order chi connectivity index (χ0) is 7.97. The van der Waals surface area contributed by atoms with Gasteiger partial charge >= 0.3 is 0 Å². The molecule has 12 heavy (non-hydrogen) atoms. The SMILES string of the molecule is C1=Cc2ccn3cccc(c23)C1. The number of aromatic nitrogens is 1. The van der Waals surface area contributed by atoms with Gasteiger partial charge in [-0.25, -0.2) is 0 Å². The van der Waals surface area contributed by atoms with Gasteiger partial charge in [-0.3, -0.25) is 0 Å². The maximum absolute atomic E-state index is 2.22. The smallest absolute Gasteiger partial charge is 0.0557 e. The van der Waals surface area contributed by atoms with E-state index in [1.165, 1.54) is 16.6 Å². The zero-order valence-corrected chi connectivity index (χ0v) is 6.70. The summed E-state index contributed by atoms with van der Waals surface area (Å²) in [5.74, 6) is 0. The molecule has 0 unspecified atom stereocenters. The number of nitrogens with zero attached hydrogens (tertiary/aromatic N) is 1. The molecule has 0 saturated heterocycles. The van der Waals surface area contributed by atoms with Crippen molar-refractivity contribution in [3.8, 4) is 0 Å². The Morgan fingerprint density at radius 2 is 2.17 bits per heavy atom. The fraction of sp³-hybridized carbons (Fsp3) is 0.0909. The number of allylic oxidation sites excluding steroid dienone is 1. The van der Waals surface area contributed by atoms with Gasteiger partial charge in [0.1, 0.15) is 0 Å². The number of hydrogen-bond donors (Lipinski definition) is 0. The van der Waals surface area contributed by atoms with Crippen LogP contribution in [0.5, 0.6) is 0 Å². The van der Waals surface area contributed by atoms with Gasteiger partial charge < -0.3 is 4.40 Å². The molecular formula is C11H9N. The monoisotopic (exact) mass is 155 g/mol. The lowest BCUT2D eigenvalue weighted by molar-refractivity contribution is 1.15. The molecule has 2 heterocycles. The Balaban J connectivity index is 2.57. The molecule has 0 fully saturated rings. The molecule has 58 valence electrons. The van der Waals surface area contributed by atoms with E-state index in [1.54, 1.807) is 0 Å². The van der Waals surface area contributed by atoms with Gasteiger partial charge in [-0.15, -0.1) is 0 Å². The first-order chi connectivity index (χ1) is 5.95. The molecule has 2 aromatic heterocycles. The van der Waals surface area contributed by atoms with Crippen LogP contribution in [-0.4, -0.2) is 4.40 Å². The van der Waals surface area contributed by atoms with E-state index in [9.17, 15) is 0 Å². The van der Waals surface area contributed by atoms with Crippen molar-refractivity contribution in [2.75, 3.05) is 0 Å². The summed E-state index contributed by atoms with van der Waals surface area (Å²) in [5.41, 5.74) is 4.15. The Kier molecular flexibility index (Phi) is 1.01. The highest BCUT2D eigenvalue weighted by atomic mass is 14.9. The second kappa shape index (κ2) is 2.01. The van der Waals surface area contributed by atoms with E-state index < -0.39 is 0 Å². The molecule has 1 aliphatic carbocycles. The van der Waals surface area contributed by atoms with E-state index in [1.807, 2.05) is 0 Å². The maximum atomic E-state index is 2.22. The Hall–Kier alpha value is -1.50. The zero-order valence-electron chi connectivity index (χ0n) is 6.70. The molecule has 2 aromatic rings. The highest BCUT2D eigenvalue weighted by Crippen LogP contribution is 2.23. The predicted molar refractivity (Wildman–Crippen MR) is 50.1 cm³/mol. The summed E-state index contributed by atoms with van der Waals surface area (Å²) in [6.45, 7) is 0. The van der Waals surface area contributed by atoms with Crippen LogP contribution in [0.15, 0.2) is 36.7 Å². The molecule has 0 amide bonds. The average molecular weight is 155 g/mol. The molecule has 0 N–H and O–H groups in total. The summed E-state index contributed by atoms with van der Waals surface area (Å²) in [6, 6.07) is 6.46. The van der Waals surface area contributed by atoms with Crippen LogP contribution in [0.4, 0.5) is 0 Å². The van der Waals surface area contributed by atoms with E-state index in [0.717, 1.165) is 6.42 Å². The predicted octanol–water partition coefficient (Wildman–Crippen LogP) is 2.51. The molecule has 1 aliphatic rings. The highest BCUT2D eigenvalue weighted by molar-refractivity contribution is 5.76. The summed E-state index contributed by atoms with van der Waals surface area (Å²) in [4.78, 5) is 0. The Labute approximate surface area is 70.9 Å². The van der Waals surface area contributed by atoms with Gasteiger partial charge in [0.25, 0.3) is 0 Å². The molecule has 1 nitrogen and oxygen atoms in total. The van der Waals surface area contributed by atoms with Crippen molar-refractivity contribution in [3.63, 3.8) is 0 Å². The summed E-state index contributed by atoms with van der Waals surface area (Å²) < 4.78 is 2.19. The van der Waals surface area contributed by atoms with Crippen LogP contribution in [0.25, 0.3) is 11.6 Å². The van der Waals surface area contributed by atoms with Crippen molar-refractivity contribution < 1.29 is 0 Å². The van der Waals surface area contributed by atoms with Gasteiger partial charge in [0.2, 0.25) is 0 Å². The molecule has 0 aliphatic heterocycles. The van der Waals surface area contributed by atoms with Gasteiger partial charge in [-0.1, -0.05) is 18.2 Å². The van der Waals surface area contributed by atoms with Crippen LogP contribution >= 0.6 is 0 Å². The Bertz CT molecular complexity index is 463. The van der Waals surface area contributed by atoms with Crippen LogP contribution in [0.1, 0.15) is 11.1 Å². The summed E-state index contributed by atoms with van der Waals surface area (Å²) >= 11 is 0. The van der Waals surface area contributed by atoms with E-state index in [2.05, 4.69) is 47.1 Å². The molecule has 0 bridgehead atoms.